The molecule has 0 radical (unpaired) electrons. The van der Waals surface area contributed by atoms with Crippen LogP contribution in [-0.4, -0.2) is 38.3 Å². The number of aliphatic hydroxyl groups excluding tert-OH is 1. The molecule has 6 nitrogen and oxygen atoms in total. The van der Waals surface area contributed by atoms with Gasteiger partial charge < -0.3 is 25.6 Å². The molecular formula is C12H18N2O4. The molecule has 1 aromatic rings. The average molecular weight is 254 g/mol. The SMILES string of the molecule is COc1cccc(OC)c1C(O)CNC(=O)CN. The average Bonchev–Trinajstić information content (AvgIpc) is 2.43. The van der Waals surface area contributed by atoms with E-state index in [0.717, 1.165) is 0 Å². The first-order chi connectivity index (χ1) is 8.63. The van der Waals surface area contributed by atoms with Crippen molar-refractivity contribution in [3.8, 4) is 11.5 Å². The number of carbonyl (C=O) groups excluding carboxylic acids is 1. The molecule has 4 N–H and O–H groups in total. The maximum Gasteiger partial charge on any atom is 0.233 e. The molecule has 0 aliphatic heterocycles. The molecule has 1 atom stereocenters. The first kappa shape index (κ1) is 14.3. The third-order valence-electron chi connectivity index (χ3n) is 2.48. The fourth-order valence-corrected chi connectivity index (χ4v) is 1.59. The van der Waals surface area contributed by atoms with Gasteiger partial charge in [0.05, 0.1) is 26.3 Å². The second kappa shape index (κ2) is 6.83. The van der Waals surface area contributed by atoms with E-state index >= 15 is 0 Å². The van der Waals surface area contributed by atoms with Crippen molar-refractivity contribution in [2.75, 3.05) is 27.3 Å². The highest BCUT2D eigenvalue weighted by molar-refractivity contribution is 5.77. The molecular weight excluding hydrogens is 236 g/mol. The predicted molar refractivity (Wildman–Crippen MR) is 66.6 cm³/mol. The van der Waals surface area contributed by atoms with Gasteiger partial charge in [0.1, 0.15) is 17.6 Å². The van der Waals surface area contributed by atoms with E-state index in [0.29, 0.717) is 17.1 Å². The Labute approximate surface area is 106 Å². The van der Waals surface area contributed by atoms with E-state index in [1.54, 1.807) is 18.2 Å². The van der Waals surface area contributed by atoms with Gasteiger partial charge in [0.25, 0.3) is 0 Å². The summed E-state index contributed by atoms with van der Waals surface area (Å²) >= 11 is 0. The van der Waals surface area contributed by atoms with Crippen molar-refractivity contribution >= 4 is 5.91 Å². The molecule has 1 rings (SSSR count). The van der Waals surface area contributed by atoms with E-state index in [2.05, 4.69) is 5.32 Å². The fourth-order valence-electron chi connectivity index (χ4n) is 1.59. The van der Waals surface area contributed by atoms with Crippen molar-refractivity contribution in [3.05, 3.63) is 23.8 Å². The van der Waals surface area contributed by atoms with Crippen molar-refractivity contribution in [3.63, 3.8) is 0 Å². The molecule has 1 aromatic carbocycles. The smallest absolute Gasteiger partial charge is 0.233 e. The van der Waals surface area contributed by atoms with Crippen LogP contribution in [0.2, 0.25) is 0 Å². The maximum atomic E-state index is 11.0. The second-order valence-electron chi connectivity index (χ2n) is 3.60. The lowest BCUT2D eigenvalue weighted by atomic mass is 10.1. The van der Waals surface area contributed by atoms with Crippen molar-refractivity contribution in [2.45, 2.75) is 6.10 Å². The lowest BCUT2D eigenvalue weighted by Crippen LogP contribution is -2.33. The van der Waals surface area contributed by atoms with Gasteiger partial charge in [-0.05, 0) is 12.1 Å². The summed E-state index contributed by atoms with van der Waals surface area (Å²) in [7, 11) is 3.01. The second-order valence-corrected chi connectivity index (χ2v) is 3.60. The Balaban J connectivity index is 2.89. The molecule has 18 heavy (non-hydrogen) atoms. The normalized spacial score (nSPS) is 11.8. The Bertz CT molecular complexity index is 387. The summed E-state index contributed by atoms with van der Waals surface area (Å²) in [6.45, 7) is -0.0669. The quantitative estimate of drug-likeness (QED) is 0.654. The standard InChI is InChI=1S/C12H18N2O4/c1-17-9-4-3-5-10(18-2)12(9)8(15)7-14-11(16)6-13/h3-5,8,15H,6-7,13H2,1-2H3,(H,14,16). The third kappa shape index (κ3) is 3.35. The third-order valence-corrected chi connectivity index (χ3v) is 2.48. The molecule has 0 aromatic heterocycles. The molecule has 0 spiro atoms. The molecule has 0 heterocycles. The number of rotatable bonds is 6. The Morgan fingerprint density at radius 3 is 2.39 bits per heavy atom. The Morgan fingerprint density at radius 2 is 1.94 bits per heavy atom. The highest BCUT2D eigenvalue weighted by Crippen LogP contribution is 2.33. The monoisotopic (exact) mass is 254 g/mol. The van der Waals surface area contributed by atoms with Gasteiger partial charge in [0.15, 0.2) is 0 Å². The summed E-state index contributed by atoms with van der Waals surface area (Å²) in [5, 5.41) is 12.6. The van der Waals surface area contributed by atoms with Crippen LogP contribution in [0.4, 0.5) is 0 Å². The lowest BCUT2D eigenvalue weighted by Gasteiger charge is -2.18. The van der Waals surface area contributed by atoms with Crippen LogP contribution < -0.4 is 20.5 Å². The van der Waals surface area contributed by atoms with Crippen LogP contribution in [0.3, 0.4) is 0 Å². The molecule has 0 aliphatic carbocycles. The van der Waals surface area contributed by atoms with Crippen molar-refractivity contribution in [1.29, 1.82) is 0 Å². The van der Waals surface area contributed by atoms with Gasteiger partial charge >= 0.3 is 0 Å². The summed E-state index contributed by atoms with van der Waals surface area (Å²) in [4.78, 5) is 11.0. The van der Waals surface area contributed by atoms with E-state index in [9.17, 15) is 9.90 Å². The van der Waals surface area contributed by atoms with Gasteiger partial charge in [0, 0.05) is 6.54 Å². The highest BCUT2D eigenvalue weighted by Gasteiger charge is 2.18. The number of hydrogen-bond acceptors (Lipinski definition) is 5. The van der Waals surface area contributed by atoms with E-state index in [4.69, 9.17) is 15.2 Å². The number of amides is 1. The molecule has 0 aliphatic rings. The number of aliphatic hydroxyl groups is 1. The van der Waals surface area contributed by atoms with Crippen LogP contribution >= 0.6 is 0 Å². The number of hydrogen-bond donors (Lipinski definition) is 3. The van der Waals surface area contributed by atoms with Crippen molar-refractivity contribution in [1.82, 2.24) is 5.32 Å². The first-order valence-electron chi connectivity index (χ1n) is 5.49. The predicted octanol–water partition coefficient (Wildman–Crippen LogP) is -0.188. The maximum absolute atomic E-state index is 11.0. The van der Waals surface area contributed by atoms with Crippen LogP contribution in [0, 0.1) is 0 Å². The molecule has 0 saturated carbocycles. The van der Waals surface area contributed by atoms with E-state index in [-0.39, 0.29) is 19.0 Å². The summed E-state index contributed by atoms with van der Waals surface area (Å²) in [6.07, 6.45) is -0.924. The fraction of sp³-hybridized carbons (Fsp3) is 0.417. The van der Waals surface area contributed by atoms with E-state index in [1.807, 2.05) is 0 Å². The van der Waals surface area contributed by atoms with Crippen molar-refractivity contribution in [2.24, 2.45) is 5.73 Å². The zero-order chi connectivity index (χ0) is 13.5. The molecule has 100 valence electrons. The number of benzene rings is 1. The zero-order valence-electron chi connectivity index (χ0n) is 10.5. The summed E-state index contributed by atoms with van der Waals surface area (Å²) in [5.74, 6) is 0.676. The van der Waals surface area contributed by atoms with E-state index < -0.39 is 6.10 Å². The van der Waals surface area contributed by atoms with Crippen LogP contribution in [0.25, 0.3) is 0 Å². The Hall–Kier alpha value is -1.79. The topological polar surface area (TPSA) is 93.8 Å². The number of ether oxygens (including phenoxy) is 2. The Kier molecular flexibility index (Phi) is 5.41. The molecule has 1 unspecified atom stereocenters. The molecule has 1 amide bonds. The van der Waals surface area contributed by atoms with Crippen LogP contribution in [0.1, 0.15) is 11.7 Å². The summed E-state index contributed by atoms with van der Waals surface area (Å²) in [5.41, 5.74) is 5.67. The number of nitrogens with two attached hydrogens (primary N) is 1. The van der Waals surface area contributed by atoms with Crippen LogP contribution in [0.5, 0.6) is 11.5 Å². The number of methoxy groups -OCH3 is 2. The molecule has 0 bridgehead atoms. The molecule has 6 heteroatoms. The highest BCUT2D eigenvalue weighted by atomic mass is 16.5. The summed E-state index contributed by atoms with van der Waals surface area (Å²) < 4.78 is 10.3. The van der Waals surface area contributed by atoms with Gasteiger partial charge in [-0.1, -0.05) is 6.07 Å². The van der Waals surface area contributed by atoms with Gasteiger partial charge in [-0.3, -0.25) is 4.79 Å². The molecule has 0 fully saturated rings. The minimum absolute atomic E-state index is 0.0484. The number of nitrogens with one attached hydrogen (secondary N) is 1. The minimum Gasteiger partial charge on any atom is -0.496 e. The van der Waals surface area contributed by atoms with Crippen LogP contribution in [-0.2, 0) is 4.79 Å². The minimum atomic E-state index is -0.924. The zero-order valence-corrected chi connectivity index (χ0v) is 10.5. The van der Waals surface area contributed by atoms with Gasteiger partial charge in [-0.25, -0.2) is 0 Å². The van der Waals surface area contributed by atoms with Gasteiger partial charge in [-0.15, -0.1) is 0 Å². The van der Waals surface area contributed by atoms with Crippen molar-refractivity contribution < 1.29 is 19.4 Å². The summed E-state index contributed by atoms with van der Waals surface area (Å²) in [6, 6.07) is 5.18. The number of carbonyl (C=O) groups is 1. The molecule has 0 saturated heterocycles. The Morgan fingerprint density at radius 1 is 1.39 bits per heavy atom. The van der Waals surface area contributed by atoms with Crippen LogP contribution in [0.15, 0.2) is 18.2 Å². The van der Waals surface area contributed by atoms with Gasteiger partial charge in [-0.2, -0.15) is 0 Å². The van der Waals surface area contributed by atoms with Gasteiger partial charge in [0.2, 0.25) is 5.91 Å². The largest absolute Gasteiger partial charge is 0.496 e. The first-order valence-corrected chi connectivity index (χ1v) is 5.49. The van der Waals surface area contributed by atoms with E-state index in [1.165, 1.54) is 14.2 Å². The lowest BCUT2D eigenvalue weighted by molar-refractivity contribution is -0.120.